The fourth-order valence-corrected chi connectivity index (χ4v) is 2.36. The fraction of sp³-hybridized carbons (Fsp3) is 0.250. The molecule has 4 nitrogen and oxygen atoms in total. The minimum Gasteiger partial charge on any atom is -0.381 e. The van der Waals surface area contributed by atoms with Crippen molar-refractivity contribution in [3.63, 3.8) is 0 Å². The summed E-state index contributed by atoms with van der Waals surface area (Å²) in [5, 5.41) is 13.8. The van der Waals surface area contributed by atoms with Crippen molar-refractivity contribution in [2.75, 3.05) is 5.32 Å². The Kier molecular flexibility index (Phi) is 3.56. The van der Waals surface area contributed by atoms with Gasteiger partial charge in [-0.15, -0.1) is 0 Å². The van der Waals surface area contributed by atoms with Gasteiger partial charge in [-0.05, 0) is 36.0 Å². The van der Waals surface area contributed by atoms with Gasteiger partial charge in [-0.3, -0.25) is 10.1 Å². The van der Waals surface area contributed by atoms with E-state index in [2.05, 4.69) is 17.4 Å². The fourth-order valence-electron chi connectivity index (χ4n) is 2.36. The molecule has 0 spiro atoms. The highest BCUT2D eigenvalue weighted by atomic mass is 19.1. The Bertz CT molecular complexity index is 684. The Labute approximate surface area is 121 Å². The smallest absolute Gasteiger partial charge is 0.274 e. The van der Waals surface area contributed by atoms with Crippen molar-refractivity contribution in [2.24, 2.45) is 0 Å². The van der Waals surface area contributed by atoms with Crippen molar-refractivity contribution >= 4 is 11.4 Å². The van der Waals surface area contributed by atoms with E-state index < -0.39 is 10.7 Å². The molecule has 1 aliphatic rings. The summed E-state index contributed by atoms with van der Waals surface area (Å²) in [4.78, 5) is 10.1. The number of nitro benzene ring substituents is 1. The van der Waals surface area contributed by atoms with Gasteiger partial charge in [0.15, 0.2) is 0 Å². The van der Waals surface area contributed by atoms with Gasteiger partial charge in [0.05, 0.1) is 11.0 Å². The van der Waals surface area contributed by atoms with E-state index in [9.17, 15) is 14.5 Å². The SMILES string of the molecule is O=[N+]([O-])c1cc(F)cc(NCc2cccc(C3CC3)c2)c1. The lowest BCUT2D eigenvalue weighted by molar-refractivity contribution is -0.385. The molecule has 0 aromatic heterocycles. The molecular formula is C16H15FN2O2. The lowest BCUT2D eigenvalue weighted by Gasteiger charge is -2.08. The molecule has 5 heteroatoms. The van der Waals surface area contributed by atoms with E-state index in [4.69, 9.17) is 0 Å². The largest absolute Gasteiger partial charge is 0.381 e. The predicted molar refractivity (Wildman–Crippen MR) is 78.8 cm³/mol. The van der Waals surface area contributed by atoms with E-state index in [1.54, 1.807) is 0 Å². The number of nitro groups is 1. The first-order chi connectivity index (χ1) is 10.1. The van der Waals surface area contributed by atoms with E-state index in [0.717, 1.165) is 11.6 Å². The molecule has 0 unspecified atom stereocenters. The van der Waals surface area contributed by atoms with E-state index in [0.29, 0.717) is 18.2 Å². The molecule has 1 aliphatic carbocycles. The maximum Gasteiger partial charge on any atom is 0.274 e. The summed E-state index contributed by atoms with van der Waals surface area (Å²) in [5.74, 6) is 0.0682. The maximum absolute atomic E-state index is 13.3. The molecular weight excluding hydrogens is 271 g/mol. The first-order valence-electron chi connectivity index (χ1n) is 6.89. The molecule has 108 valence electrons. The lowest BCUT2D eigenvalue weighted by Crippen LogP contribution is -2.01. The normalized spacial score (nSPS) is 14.0. The van der Waals surface area contributed by atoms with Crippen LogP contribution in [0.3, 0.4) is 0 Å². The zero-order valence-electron chi connectivity index (χ0n) is 11.4. The van der Waals surface area contributed by atoms with Crippen LogP contribution in [-0.4, -0.2) is 4.92 Å². The average Bonchev–Trinajstić information content (AvgIpc) is 3.29. The number of hydrogen-bond acceptors (Lipinski definition) is 3. The minimum atomic E-state index is -0.613. The second kappa shape index (κ2) is 5.52. The summed E-state index contributed by atoms with van der Waals surface area (Å²) in [6.07, 6.45) is 2.49. The van der Waals surface area contributed by atoms with Gasteiger partial charge in [-0.25, -0.2) is 4.39 Å². The Morgan fingerprint density at radius 3 is 2.76 bits per heavy atom. The molecule has 0 heterocycles. The zero-order valence-corrected chi connectivity index (χ0v) is 11.4. The standard InChI is InChI=1S/C16H15FN2O2/c17-14-7-15(9-16(8-14)19(20)21)18-10-11-2-1-3-13(6-11)12-4-5-12/h1-3,6-9,12,18H,4-5,10H2. The van der Waals surface area contributed by atoms with Crippen molar-refractivity contribution in [3.8, 4) is 0 Å². The van der Waals surface area contributed by atoms with Gasteiger partial charge in [0.2, 0.25) is 0 Å². The molecule has 2 aromatic rings. The number of nitrogens with one attached hydrogen (secondary N) is 1. The number of non-ortho nitro benzene ring substituents is 1. The molecule has 0 saturated heterocycles. The third-order valence-electron chi connectivity index (χ3n) is 3.59. The van der Waals surface area contributed by atoms with E-state index in [1.165, 1.54) is 30.5 Å². The summed E-state index contributed by atoms with van der Waals surface area (Å²) in [5.41, 5.74) is 2.59. The lowest BCUT2D eigenvalue weighted by atomic mass is 10.1. The summed E-state index contributed by atoms with van der Waals surface area (Å²) in [7, 11) is 0. The quantitative estimate of drug-likeness (QED) is 0.661. The Morgan fingerprint density at radius 2 is 2.05 bits per heavy atom. The van der Waals surface area contributed by atoms with E-state index in [-0.39, 0.29) is 5.69 Å². The van der Waals surface area contributed by atoms with Gasteiger partial charge >= 0.3 is 0 Å². The predicted octanol–water partition coefficient (Wildman–Crippen LogP) is 4.22. The number of hydrogen-bond donors (Lipinski definition) is 1. The van der Waals surface area contributed by atoms with Crippen LogP contribution in [0.25, 0.3) is 0 Å². The Morgan fingerprint density at radius 1 is 1.24 bits per heavy atom. The van der Waals surface area contributed by atoms with Gasteiger partial charge in [-0.1, -0.05) is 24.3 Å². The summed E-state index contributed by atoms with van der Waals surface area (Å²) >= 11 is 0. The monoisotopic (exact) mass is 286 g/mol. The number of nitrogens with zero attached hydrogens (tertiary/aromatic N) is 1. The molecule has 1 N–H and O–H groups in total. The van der Waals surface area contributed by atoms with Crippen molar-refractivity contribution in [3.05, 3.63) is 69.5 Å². The van der Waals surface area contributed by atoms with Crippen molar-refractivity contribution < 1.29 is 9.31 Å². The molecule has 0 atom stereocenters. The third kappa shape index (κ3) is 3.37. The molecule has 3 rings (SSSR count). The van der Waals surface area contributed by atoms with Gasteiger partial charge in [0.25, 0.3) is 5.69 Å². The minimum absolute atomic E-state index is 0.246. The Balaban J connectivity index is 1.72. The van der Waals surface area contributed by atoms with Crippen LogP contribution in [0, 0.1) is 15.9 Å². The van der Waals surface area contributed by atoms with Crippen molar-refractivity contribution in [2.45, 2.75) is 25.3 Å². The van der Waals surface area contributed by atoms with Crippen LogP contribution in [0.2, 0.25) is 0 Å². The molecule has 21 heavy (non-hydrogen) atoms. The second-order valence-electron chi connectivity index (χ2n) is 5.33. The highest BCUT2D eigenvalue weighted by Crippen LogP contribution is 2.40. The van der Waals surface area contributed by atoms with Crippen LogP contribution in [0.5, 0.6) is 0 Å². The van der Waals surface area contributed by atoms with Gasteiger partial charge in [0, 0.05) is 18.3 Å². The second-order valence-corrected chi connectivity index (χ2v) is 5.33. The number of benzene rings is 2. The van der Waals surface area contributed by atoms with Gasteiger partial charge in [0.1, 0.15) is 5.82 Å². The topological polar surface area (TPSA) is 55.2 Å². The van der Waals surface area contributed by atoms with Crippen LogP contribution in [0.1, 0.15) is 29.9 Å². The summed E-state index contributed by atoms with van der Waals surface area (Å²) < 4.78 is 13.3. The molecule has 0 aliphatic heterocycles. The van der Waals surface area contributed by atoms with Crippen LogP contribution in [0.4, 0.5) is 15.8 Å². The number of anilines is 1. The first kappa shape index (κ1) is 13.5. The van der Waals surface area contributed by atoms with Crippen LogP contribution >= 0.6 is 0 Å². The molecule has 0 radical (unpaired) electrons. The summed E-state index contributed by atoms with van der Waals surface area (Å²) in [6, 6.07) is 11.8. The van der Waals surface area contributed by atoms with E-state index in [1.807, 2.05) is 12.1 Å². The molecule has 0 bridgehead atoms. The molecule has 0 amide bonds. The summed E-state index contributed by atoms with van der Waals surface area (Å²) in [6.45, 7) is 0.515. The zero-order chi connectivity index (χ0) is 14.8. The van der Waals surface area contributed by atoms with E-state index >= 15 is 0 Å². The molecule has 2 aromatic carbocycles. The van der Waals surface area contributed by atoms with Gasteiger partial charge in [-0.2, -0.15) is 0 Å². The highest BCUT2D eigenvalue weighted by molar-refractivity contribution is 5.52. The van der Waals surface area contributed by atoms with Crippen molar-refractivity contribution in [1.29, 1.82) is 0 Å². The average molecular weight is 286 g/mol. The van der Waals surface area contributed by atoms with Crippen LogP contribution < -0.4 is 5.32 Å². The highest BCUT2D eigenvalue weighted by Gasteiger charge is 2.23. The number of rotatable bonds is 5. The maximum atomic E-state index is 13.3. The molecule has 1 fully saturated rings. The van der Waals surface area contributed by atoms with Crippen LogP contribution in [0.15, 0.2) is 42.5 Å². The Hall–Kier alpha value is -2.43. The number of halogens is 1. The van der Waals surface area contributed by atoms with Crippen molar-refractivity contribution in [1.82, 2.24) is 0 Å². The molecule has 1 saturated carbocycles. The van der Waals surface area contributed by atoms with Crippen LogP contribution in [-0.2, 0) is 6.54 Å². The van der Waals surface area contributed by atoms with Gasteiger partial charge < -0.3 is 5.32 Å². The first-order valence-corrected chi connectivity index (χ1v) is 6.89. The third-order valence-corrected chi connectivity index (χ3v) is 3.59.